The summed E-state index contributed by atoms with van der Waals surface area (Å²) in [7, 11) is 0. The first-order valence-electron chi connectivity index (χ1n) is 8.67. The van der Waals surface area contributed by atoms with Crippen LogP contribution in [0.15, 0.2) is 29.8 Å². The highest BCUT2D eigenvalue weighted by atomic mass is 16.7. The minimum Gasteiger partial charge on any atom is -0.454 e. The van der Waals surface area contributed by atoms with Crippen molar-refractivity contribution >= 4 is 5.91 Å². The second-order valence-corrected chi connectivity index (χ2v) is 7.61. The third-order valence-electron chi connectivity index (χ3n) is 5.19. The van der Waals surface area contributed by atoms with Gasteiger partial charge in [0, 0.05) is 13.1 Å². The van der Waals surface area contributed by atoms with Gasteiger partial charge in [0.05, 0.1) is 5.92 Å². The summed E-state index contributed by atoms with van der Waals surface area (Å²) >= 11 is 0. The lowest BCUT2D eigenvalue weighted by Gasteiger charge is -2.22. The zero-order chi connectivity index (χ0) is 17.5. The van der Waals surface area contributed by atoms with E-state index in [1.165, 1.54) is 5.57 Å². The van der Waals surface area contributed by atoms with E-state index in [9.17, 15) is 4.79 Å². The quantitative estimate of drug-likeness (QED) is 0.766. The number of nitrogens with zero attached hydrogens (tertiary/aromatic N) is 1. The number of allylic oxidation sites excluding steroid dienone is 2. The van der Waals surface area contributed by atoms with Gasteiger partial charge in [0.1, 0.15) is 0 Å². The molecule has 1 aromatic rings. The van der Waals surface area contributed by atoms with E-state index in [0.717, 1.165) is 17.1 Å². The van der Waals surface area contributed by atoms with Gasteiger partial charge < -0.3 is 14.4 Å². The SMILES string of the molecule is CCN(Cc1ccc2c(c1)OCO2)C(=O)C1C(C=C(C)C)C1(C)C. The van der Waals surface area contributed by atoms with Gasteiger partial charge in [-0.2, -0.15) is 0 Å². The van der Waals surface area contributed by atoms with Crippen LogP contribution in [0.1, 0.15) is 40.2 Å². The van der Waals surface area contributed by atoms with Crippen molar-refractivity contribution in [3.63, 3.8) is 0 Å². The Morgan fingerprint density at radius 2 is 2.00 bits per heavy atom. The zero-order valence-corrected chi connectivity index (χ0v) is 15.3. The molecule has 3 rings (SSSR count). The van der Waals surface area contributed by atoms with Crippen LogP contribution in [0.3, 0.4) is 0 Å². The van der Waals surface area contributed by atoms with Gasteiger partial charge in [-0.15, -0.1) is 0 Å². The fourth-order valence-corrected chi connectivity index (χ4v) is 3.62. The molecular weight excluding hydrogens is 302 g/mol. The van der Waals surface area contributed by atoms with E-state index >= 15 is 0 Å². The molecule has 4 heteroatoms. The molecular formula is C20H27NO3. The van der Waals surface area contributed by atoms with Gasteiger partial charge in [0.15, 0.2) is 11.5 Å². The summed E-state index contributed by atoms with van der Waals surface area (Å²) in [5, 5.41) is 0. The van der Waals surface area contributed by atoms with Gasteiger partial charge in [0.2, 0.25) is 12.7 Å². The molecule has 0 spiro atoms. The Bertz CT molecular complexity index is 673. The van der Waals surface area contributed by atoms with Crippen molar-refractivity contribution in [1.82, 2.24) is 4.90 Å². The smallest absolute Gasteiger partial charge is 0.231 e. The molecule has 0 saturated heterocycles. The van der Waals surface area contributed by atoms with Crippen molar-refractivity contribution < 1.29 is 14.3 Å². The Labute approximate surface area is 144 Å². The highest BCUT2D eigenvalue weighted by Crippen LogP contribution is 2.60. The number of ether oxygens (including phenoxy) is 2. The van der Waals surface area contributed by atoms with Crippen LogP contribution in [-0.2, 0) is 11.3 Å². The number of rotatable bonds is 5. The van der Waals surface area contributed by atoms with Crippen LogP contribution in [0.4, 0.5) is 0 Å². The molecule has 0 aromatic heterocycles. The van der Waals surface area contributed by atoms with Crippen molar-refractivity contribution in [1.29, 1.82) is 0 Å². The normalized spacial score (nSPS) is 22.9. The summed E-state index contributed by atoms with van der Waals surface area (Å²) in [6, 6.07) is 5.90. The Morgan fingerprint density at radius 3 is 2.67 bits per heavy atom. The molecule has 1 amide bonds. The Kier molecular flexibility index (Phi) is 4.33. The van der Waals surface area contributed by atoms with E-state index < -0.39 is 0 Å². The molecule has 0 N–H and O–H groups in total. The van der Waals surface area contributed by atoms with Crippen LogP contribution in [-0.4, -0.2) is 24.1 Å². The van der Waals surface area contributed by atoms with Gasteiger partial charge in [-0.3, -0.25) is 4.79 Å². The van der Waals surface area contributed by atoms with Crippen molar-refractivity contribution in [2.24, 2.45) is 17.3 Å². The number of carbonyl (C=O) groups excluding carboxylic acids is 1. The summed E-state index contributed by atoms with van der Waals surface area (Å²) in [4.78, 5) is 15.0. The lowest BCUT2D eigenvalue weighted by Crippen LogP contribution is -2.32. The molecule has 1 aliphatic heterocycles. The number of hydrogen-bond acceptors (Lipinski definition) is 3. The fraction of sp³-hybridized carbons (Fsp3) is 0.550. The van der Waals surface area contributed by atoms with Crippen molar-refractivity contribution in [3.8, 4) is 11.5 Å². The van der Waals surface area contributed by atoms with Crippen molar-refractivity contribution in [3.05, 3.63) is 35.4 Å². The first kappa shape index (κ1) is 16.9. The maximum Gasteiger partial charge on any atom is 0.231 e. The van der Waals surface area contributed by atoms with Crippen molar-refractivity contribution in [2.75, 3.05) is 13.3 Å². The van der Waals surface area contributed by atoms with Gasteiger partial charge in [-0.1, -0.05) is 31.6 Å². The van der Waals surface area contributed by atoms with E-state index in [-0.39, 0.29) is 24.0 Å². The minimum absolute atomic E-state index is 0.0522. The Hall–Kier alpha value is -1.97. The topological polar surface area (TPSA) is 38.8 Å². The molecule has 1 aliphatic carbocycles. The third kappa shape index (κ3) is 3.02. The Balaban J connectivity index is 1.72. The van der Waals surface area contributed by atoms with Gasteiger partial charge in [-0.05, 0) is 49.8 Å². The number of hydrogen-bond donors (Lipinski definition) is 0. The summed E-state index contributed by atoms with van der Waals surface area (Å²) in [6.07, 6.45) is 2.25. The predicted molar refractivity (Wildman–Crippen MR) is 93.8 cm³/mol. The maximum absolute atomic E-state index is 13.0. The van der Waals surface area contributed by atoms with Crippen LogP contribution in [0.2, 0.25) is 0 Å². The molecule has 0 bridgehead atoms. The molecule has 2 unspecified atom stereocenters. The molecule has 1 fully saturated rings. The number of fused-ring (bicyclic) bond motifs is 1. The molecule has 24 heavy (non-hydrogen) atoms. The average Bonchev–Trinajstić information content (AvgIpc) is 2.88. The predicted octanol–water partition coefficient (Wildman–Crippen LogP) is 4.00. The Morgan fingerprint density at radius 1 is 1.29 bits per heavy atom. The van der Waals surface area contributed by atoms with Crippen LogP contribution in [0.5, 0.6) is 11.5 Å². The second-order valence-electron chi connectivity index (χ2n) is 7.61. The fourth-order valence-electron chi connectivity index (χ4n) is 3.62. The minimum atomic E-state index is 0.0522. The summed E-state index contributed by atoms with van der Waals surface area (Å²) in [5.74, 6) is 2.23. The zero-order valence-electron chi connectivity index (χ0n) is 15.3. The monoisotopic (exact) mass is 329 g/mol. The van der Waals surface area contributed by atoms with Gasteiger partial charge in [-0.25, -0.2) is 0 Å². The van der Waals surface area contributed by atoms with Gasteiger partial charge >= 0.3 is 0 Å². The van der Waals surface area contributed by atoms with E-state index in [1.807, 2.05) is 30.0 Å². The van der Waals surface area contributed by atoms with Crippen molar-refractivity contribution in [2.45, 2.75) is 41.2 Å². The highest BCUT2D eigenvalue weighted by Gasteiger charge is 2.61. The molecule has 2 aliphatic rings. The van der Waals surface area contributed by atoms with E-state index in [2.05, 4.69) is 33.8 Å². The van der Waals surface area contributed by atoms with E-state index in [1.54, 1.807) is 0 Å². The first-order valence-corrected chi connectivity index (χ1v) is 8.67. The number of carbonyl (C=O) groups is 1. The van der Waals surface area contributed by atoms with Crippen LogP contribution in [0, 0.1) is 17.3 Å². The summed E-state index contributed by atoms with van der Waals surface area (Å²) in [6.45, 7) is 12.2. The first-order chi connectivity index (χ1) is 11.3. The van der Waals surface area contributed by atoms with Crippen LogP contribution in [0.25, 0.3) is 0 Å². The summed E-state index contributed by atoms with van der Waals surface area (Å²) in [5.41, 5.74) is 2.41. The lowest BCUT2D eigenvalue weighted by atomic mass is 10.1. The molecule has 4 nitrogen and oxygen atoms in total. The molecule has 2 atom stereocenters. The van der Waals surface area contributed by atoms with Gasteiger partial charge in [0.25, 0.3) is 0 Å². The van der Waals surface area contributed by atoms with Crippen LogP contribution < -0.4 is 9.47 Å². The molecule has 1 aromatic carbocycles. The highest BCUT2D eigenvalue weighted by molar-refractivity contribution is 5.83. The lowest BCUT2D eigenvalue weighted by molar-refractivity contribution is -0.133. The van der Waals surface area contributed by atoms with Crippen LogP contribution >= 0.6 is 0 Å². The molecule has 130 valence electrons. The average molecular weight is 329 g/mol. The molecule has 0 radical (unpaired) electrons. The largest absolute Gasteiger partial charge is 0.454 e. The third-order valence-corrected chi connectivity index (χ3v) is 5.19. The van der Waals surface area contributed by atoms with E-state index in [4.69, 9.17) is 9.47 Å². The summed E-state index contributed by atoms with van der Waals surface area (Å²) < 4.78 is 10.8. The second kappa shape index (κ2) is 6.15. The standard InChI is InChI=1S/C20H27NO3/c1-6-21(11-14-7-8-16-17(10-14)24-12-23-16)19(22)18-15(9-13(2)3)20(18,4)5/h7-10,15,18H,6,11-12H2,1-5H3. The maximum atomic E-state index is 13.0. The molecule has 1 saturated carbocycles. The number of benzene rings is 1. The number of amides is 1. The van der Waals surface area contributed by atoms with E-state index in [0.29, 0.717) is 19.0 Å². The molecule has 1 heterocycles.